The molecule has 4 N–H and O–H groups in total. The fraction of sp³-hybridized carbons (Fsp3) is 0.600. The van der Waals surface area contributed by atoms with Crippen LogP contribution in [0.15, 0.2) is 24.9 Å². The molecule has 0 saturated carbocycles. The minimum absolute atomic E-state index is 0.0308. The highest BCUT2D eigenvalue weighted by molar-refractivity contribution is 8.42. The summed E-state index contributed by atoms with van der Waals surface area (Å²) in [5.41, 5.74) is 0. The highest BCUT2D eigenvalue weighted by Gasteiger charge is 2.25. The van der Waals surface area contributed by atoms with Crippen molar-refractivity contribution in [3.63, 3.8) is 0 Å². The molecule has 30 heavy (non-hydrogen) atoms. The molecular formula is C15H28N2O10P2S. The quantitative estimate of drug-likeness (QED) is 0.0492. The molecule has 0 aromatic heterocycles. The van der Waals surface area contributed by atoms with E-state index in [2.05, 4.69) is 28.9 Å². The zero-order valence-electron chi connectivity index (χ0n) is 16.7. The lowest BCUT2D eigenvalue weighted by Crippen LogP contribution is -2.35. The first kappa shape index (κ1) is 29.3. The van der Waals surface area contributed by atoms with Crippen LogP contribution in [-0.2, 0) is 32.4 Å². The fourth-order valence-corrected chi connectivity index (χ4v) is 3.98. The molecular weight excluding hydrogens is 462 g/mol. The van der Waals surface area contributed by atoms with Crippen LogP contribution in [0.25, 0.3) is 0 Å². The Morgan fingerprint density at radius 2 is 2.07 bits per heavy atom. The molecule has 5 atom stereocenters. The topological polar surface area (TPSA) is 156 Å². The van der Waals surface area contributed by atoms with Gasteiger partial charge in [-0.1, -0.05) is 18.3 Å². The molecule has 12 nitrogen and oxygen atoms in total. The third kappa shape index (κ3) is 12.9. The summed E-state index contributed by atoms with van der Waals surface area (Å²) in [7, 11) is -1.87. The van der Waals surface area contributed by atoms with E-state index in [4.69, 9.17) is 28.3 Å². The molecule has 5 unspecified atom stereocenters. The summed E-state index contributed by atoms with van der Waals surface area (Å²) in [5.74, 6) is -0.384. The average molecular weight is 490 g/mol. The van der Waals surface area contributed by atoms with Crippen LogP contribution in [0.4, 0.5) is 0 Å². The number of aliphatic hydroxyl groups is 2. The first-order valence-electron chi connectivity index (χ1n) is 8.42. The van der Waals surface area contributed by atoms with Crippen molar-refractivity contribution < 1.29 is 47.5 Å². The molecule has 15 heteroatoms. The van der Waals surface area contributed by atoms with Crippen LogP contribution in [0, 0.1) is 0 Å². The van der Waals surface area contributed by atoms with Gasteiger partial charge < -0.3 is 34.4 Å². The molecule has 0 fully saturated rings. The van der Waals surface area contributed by atoms with Crippen molar-refractivity contribution >= 4 is 40.7 Å². The molecule has 0 saturated heterocycles. The maximum Gasteiger partial charge on any atom is 0.338 e. The molecule has 2 amide bonds. The normalized spacial score (nSPS) is 16.7. The maximum absolute atomic E-state index is 11.3. The lowest BCUT2D eigenvalue weighted by Gasteiger charge is -2.27. The molecule has 0 heterocycles. The molecule has 0 spiro atoms. The number of carbonyl (C=O) groups is 2. The van der Waals surface area contributed by atoms with Gasteiger partial charge in [0, 0.05) is 26.4 Å². The van der Waals surface area contributed by atoms with Gasteiger partial charge in [0.2, 0.25) is 32.5 Å². The van der Waals surface area contributed by atoms with Crippen molar-refractivity contribution in [3.8, 4) is 0 Å². The van der Waals surface area contributed by atoms with Gasteiger partial charge in [0.05, 0.1) is 12.7 Å². The van der Waals surface area contributed by atoms with Crippen LogP contribution in [-0.4, -0.2) is 78.0 Å². The number of carbonyl (C=O) groups excluding carboxylic acids is 2. The minimum atomic E-state index is -2.56. The number of hydrogen-bond acceptors (Lipinski definition) is 11. The second-order valence-electron chi connectivity index (χ2n) is 5.34. The monoisotopic (exact) mass is 490 g/mol. The third-order valence-corrected chi connectivity index (χ3v) is 6.06. The molecule has 0 aromatic rings. The summed E-state index contributed by atoms with van der Waals surface area (Å²) in [4.78, 5) is 33.3. The average Bonchev–Trinajstić information content (AvgIpc) is 2.70. The molecule has 174 valence electrons. The lowest BCUT2D eigenvalue weighted by molar-refractivity contribution is -0.209. The molecule has 0 aromatic carbocycles. The van der Waals surface area contributed by atoms with Gasteiger partial charge in [-0.25, -0.2) is 0 Å². The van der Waals surface area contributed by atoms with Gasteiger partial charge in [-0.3, -0.25) is 23.3 Å². The van der Waals surface area contributed by atoms with E-state index in [1.807, 2.05) is 0 Å². The largest absolute Gasteiger partial charge is 0.364 e. The van der Waals surface area contributed by atoms with Crippen molar-refractivity contribution in [1.29, 1.82) is 0 Å². The molecule has 0 rings (SSSR count). The van der Waals surface area contributed by atoms with Crippen molar-refractivity contribution in [3.05, 3.63) is 24.9 Å². The molecule has 0 aliphatic carbocycles. The Labute approximate surface area is 182 Å². The van der Waals surface area contributed by atoms with E-state index in [0.29, 0.717) is 12.8 Å². The number of nitrogens with zero attached hydrogens (tertiary/aromatic N) is 1. The van der Waals surface area contributed by atoms with Gasteiger partial charge in [-0.15, -0.1) is 6.58 Å². The number of hydrogen-bond donors (Lipinski definition) is 5. The third-order valence-electron chi connectivity index (χ3n) is 3.19. The van der Waals surface area contributed by atoms with Gasteiger partial charge in [-0.05, 0) is 13.3 Å². The predicted molar refractivity (Wildman–Crippen MR) is 112 cm³/mol. The summed E-state index contributed by atoms with van der Waals surface area (Å²) < 4.78 is 25.5. The van der Waals surface area contributed by atoms with Crippen LogP contribution >= 0.6 is 28.4 Å². The van der Waals surface area contributed by atoms with Crippen molar-refractivity contribution in [2.45, 2.75) is 38.3 Å². The first-order chi connectivity index (χ1) is 14.2. The standard InChI is InChI=1S/C15H28N2O10P2S/c1-5-6-12(25-11(2)17(10-18)8-7-13(19)16-3)9-24-29(30)27-28(22)26-15(23-4)14(20)21/h5,7-8,10-12,14-15,20-22,30H,1,6,9H2,2-4H3,(H,16,19)/b8-7-. The van der Waals surface area contributed by atoms with Crippen LogP contribution in [0.1, 0.15) is 13.3 Å². The number of ether oxygens (including phenoxy) is 2. The number of thiol groups is 1. The highest BCUT2D eigenvalue weighted by Crippen LogP contribution is 2.55. The summed E-state index contributed by atoms with van der Waals surface area (Å²) in [6, 6.07) is 0. The smallest absolute Gasteiger partial charge is 0.338 e. The number of aliphatic hydroxyl groups excluding tert-OH is 1. The van der Waals surface area contributed by atoms with Crippen LogP contribution in [0.3, 0.4) is 0 Å². The van der Waals surface area contributed by atoms with Gasteiger partial charge >= 0.3 is 8.60 Å². The van der Waals surface area contributed by atoms with E-state index in [9.17, 15) is 14.5 Å². The SMILES string of the molecule is C=CCC(COP(S)OP(O)OC(OC)C(O)O)OC(C)N(C=O)/C=C\C(=O)NC. The van der Waals surface area contributed by atoms with Gasteiger partial charge in [0.1, 0.15) is 6.23 Å². The fourth-order valence-electron chi connectivity index (χ4n) is 1.73. The van der Waals surface area contributed by atoms with E-state index in [1.54, 1.807) is 13.0 Å². The number of nitrogens with one attached hydrogen (secondary N) is 1. The summed E-state index contributed by atoms with van der Waals surface area (Å²) >= 11 is 4.06. The summed E-state index contributed by atoms with van der Waals surface area (Å²) in [6.45, 7) is 5.20. The summed E-state index contributed by atoms with van der Waals surface area (Å²) in [5, 5.41) is 20.4. The van der Waals surface area contributed by atoms with E-state index >= 15 is 0 Å². The van der Waals surface area contributed by atoms with Crippen molar-refractivity contribution in [2.75, 3.05) is 20.8 Å². The Bertz CT molecular complexity index is 546. The Morgan fingerprint density at radius 1 is 1.40 bits per heavy atom. The zero-order chi connectivity index (χ0) is 23.1. The Morgan fingerprint density at radius 3 is 2.57 bits per heavy atom. The number of methoxy groups -OCH3 is 1. The van der Waals surface area contributed by atoms with Gasteiger partial charge in [-0.2, -0.15) is 0 Å². The zero-order valence-corrected chi connectivity index (χ0v) is 19.4. The number of amides is 2. The Kier molecular flexibility index (Phi) is 16.5. The van der Waals surface area contributed by atoms with E-state index in [1.165, 1.54) is 19.3 Å². The van der Waals surface area contributed by atoms with Crippen LogP contribution < -0.4 is 5.32 Å². The molecule has 0 aliphatic heterocycles. The highest BCUT2D eigenvalue weighted by atomic mass is 32.7. The molecule has 0 bridgehead atoms. The van der Waals surface area contributed by atoms with E-state index in [-0.39, 0.29) is 12.5 Å². The maximum atomic E-state index is 11.3. The van der Waals surface area contributed by atoms with Crippen molar-refractivity contribution in [1.82, 2.24) is 10.2 Å². The predicted octanol–water partition coefficient (Wildman–Crippen LogP) is 0.721. The number of rotatable bonds is 17. The van der Waals surface area contributed by atoms with Crippen molar-refractivity contribution in [2.24, 2.45) is 0 Å². The second kappa shape index (κ2) is 16.9. The first-order valence-corrected chi connectivity index (χ1v) is 11.9. The Hall–Kier alpha value is -0.690. The molecule has 0 radical (unpaired) electrons. The second-order valence-corrected chi connectivity index (χ2v) is 8.39. The molecule has 0 aliphatic rings. The van der Waals surface area contributed by atoms with E-state index in [0.717, 1.165) is 12.0 Å². The number of likely N-dealkylation sites (N-methyl/N-ethyl adjacent to an activating group) is 1. The summed E-state index contributed by atoms with van der Waals surface area (Å²) in [6.07, 6.45) is 0.135. The Balaban J connectivity index is 4.66. The van der Waals surface area contributed by atoms with Crippen LogP contribution in [0.5, 0.6) is 0 Å². The minimum Gasteiger partial charge on any atom is -0.364 e. The lowest BCUT2D eigenvalue weighted by atomic mass is 10.2. The van der Waals surface area contributed by atoms with Crippen LogP contribution in [0.2, 0.25) is 0 Å². The van der Waals surface area contributed by atoms with Gasteiger partial charge in [0.15, 0.2) is 0 Å². The van der Waals surface area contributed by atoms with Gasteiger partial charge in [0.25, 0.3) is 0 Å². The van der Waals surface area contributed by atoms with E-state index < -0.39 is 41.1 Å².